The molecule has 1 unspecified atom stereocenters. The number of hydrogen-bond donors (Lipinski definition) is 1. The van der Waals surface area contributed by atoms with E-state index in [2.05, 4.69) is 49.1 Å². The Bertz CT molecular complexity index is 359. The van der Waals surface area contributed by atoms with Crippen molar-refractivity contribution in [3.63, 3.8) is 0 Å². The van der Waals surface area contributed by atoms with Crippen molar-refractivity contribution < 1.29 is 5.11 Å². The Morgan fingerprint density at radius 3 is 2.50 bits per heavy atom. The second kappa shape index (κ2) is 5.85. The van der Waals surface area contributed by atoms with Crippen LogP contribution < -0.4 is 0 Å². The standard InChI is InChI=1S/C16H25NO/c1-3-16(18,4-2)15-11-8-12-17(15)13-14-9-6-5-7-10-14/h5-7,9-10,15,18H,3-4,8,11-13H2,1-2H3. The van der Waals surface area contributed by atoms with Crippen molar-refractivity contribution in [1.29, 1.82) is 0 Å². The molecule has 1 saturated heterocycles. The van der Waals surface area contributed by atoms with E-state index in [0.29, 0.717) is 6.04 Å². The molecule has 1 aromatic carbocycles. The van der Waals surface area contributed by atoms with E-state index in [0.717, 1.165) is 32.4 Å². The van der Waals surface area contributed by atoms with Gasteiger partial charge in [-0.2, -0.15) is 0 Å². The summed E-state index contributed by atoms with van der Waals surface area (Å²) in [6, 6.07) is 10.9. The Labute approximate surface area is 111 Å². The number of benzene rings is 1. The Hall–Kier alpha value is -0.860. The molecule has 1 fully saturated rings. The highest BCUT2D eigenvalue weighted by molar-refractivity contribution is 5.15. The van der Waals surface area contributed by atoms with E-state index in [-0.39, 0.29) is 0 Å². The van der Waals surface area contributed by atoms with Crippen LogP contribution in [0, 0.1) is 0 Å². The molecule has 100 valence electrons. The zero-order chi connectivity index (χ0) is 13.0. The average molecular weight is 247 g/mol. The molecule has 18 heavy (non-hydrogen) atoms. The zero-order valence-electron chi connectivity index (χ0n) is 11.6. The second-order valence-corrected chi connectivity index (χ2v) is 5.42. The Balaban J connectivity index is 2.08. The molecular weight excluding hydrogens is 222 g/mol. The molecule has 0 amide bonds. The number of hydrogen-bond acceptors (Lipinski definition) is 2. The quantitative estimate of drug-likeness (QED) is 0.863. The van der Waals surface area contributed by atoms with Crippen LogP contribution in [-0.4, -0.2) is 28.2 Å². The number of rotatable bonds is 5. The van der Waals surface area contributed by atoms with Crippen LogP contribution in [0.15, 0.2) is 30.3 Å². The first-order valence-corrected chi connectivity index (χ1v) is 7.20. The molecule has 0 aromatic heterocycles. The van der Waals surface area contributed by atoms with Gasteiger partial charge in [-0.25, -0.2) is 0 Å². The summed E-state index contributed by atoms with van der Waals surface area (Å²) < 4.78 is 0. The molecule has 1 aromatic rings. The highest BCUT2D eigenvalue weighted by atomic mass is 16.3. The van der Waals surface area contributed by atoms with Gasteiger partial charge in [-0.3, -0.25) is 4.90 Å². The van der Waals surface area contributed by atoms with E-state index in [1.165, 1.54) is 12.0 Å². The van der Waals surface area contributed by atoms with Gasteiger partial charge in [0.1, 0.15) is 0 Å². The lowest BCUT2D eigenvalue weighted by molar-refractivity contribution is -0.0417. The van der Waals surface area contributed by atoms with Crippen molar-refractivity contribution in [2.45, 2.75) is 57.7 Å². The van der Waals surface area contributed by atoms with Gasteiger partial charge in [0.15, 0.2) is 0 Å². The summed E-state index contributed by atoms with van der Waals surface area (Å²) in [5.74, 6) is 0. The highest BCUT2D eigenvalue weighted by Crippen LogP contribution is 2.32. The topological polar surface area (TPSA) is 23.5 Å². The van der Waals surface area contributed by atoms with E-state index < -0.39 is 5.60 Å². The van der Waals surface area contributed by atoms with Crippen LogP contribution in [0.4, 0.5) is 0 Å². The predicted octanol–water partition coefficient (Wildman–Crippen LogP) is 3.20. The maximum absolute atomic E-state index is 10.7. The van der Waals surface area contributed by atoms with Crippen molar-refractivity contribution in [3.8, 4) is 0 Å². The van der Waals surface area contributed by atoms with Gasteiger partial charge in [0.2, 0.25) is 0 Å². The molecule has 0 spiro atoms. The van der Waals surface area contributed by atoms with E-state index in [9.17, 15) is 5.11 Å². The van der Waals surface area contributed by atoms with Gasteiger partial charge < -0.3 is 5.11 Å². The molecule has 1 N–H and O–H groups in total. The van der Waals surface area contributed by atoms with Gasteiger partial charge in [-0.15, -0.1) is 0 Å². The molecule has 0 aliphatic carbocycles. The van der Waals surface area contributed by atoms with E-state index >= 15 is 0 Å². The monoisotopic (exact) mass is 247 g/mol. The number of nitrogens with zero attached hydrogens (tertiary/aromatic N) is 1. The Morgan fingerprint density at radius 2 is 1.89 bits per heavy atom. The fourth-order valence-corrected chi connectivity index (χ4v) is 3.16. The van der Waals surface area contributed by atoms with Gasteiger partial charge in [-0.05, 0) is 37.8 Å². The molecule has 0 saturated carbocycles. The molecule has 0 radical (unpaired) electrons. The smallest absolute Gasteiger partial charge is 0.0797 e. The normalized spacial score (nSPS) is 21.4. The van der Waals surface area contributed by atoms with Crippen molar-refractivity contribution in [3.05, 3.63) is 35.9 Å². The summed E-state index contributed by atoms with van der Waals surface area (Å²) in [7, 11) is 0. The Morgan fingerprint density at radius 1 is 1.22 bits per heavy atom. The molecule has 1 aliphatic rings. The van der Waals surface area contributed by atoms with Gasteiger partial charge in [-0.1, -0.05) is 44.2 Å². The lowest BCUT2D eigenvalue weighted by Gasteiger charge is -2.38. The number of likely N-dealkylation sites (tertiary alicyclic amines) is 1. The van der Waals surface area contributed by atoms with Crippen molar-refractivity contribution in [1.82, 2.24) is 4.90 Å². The average Bonchev–Trinajstić information content (AvgIpc) is 2.88. The Kier molecular flexibility index (Phi) is 4.41. The molecule has 1 atom stereocenters. The van der Waals surface area contributed by atoms with Crippen molar-refractivity contribution in [2.75, 3.05) is 6.54 Å². The largest absolute Gasteiger partial charge is 0.388 e. The van der Waals surface area contributed by atoms with E-state index in [1.807, 2.05) is 0 Å². The van der Waals surface area contributed by atoms with Crippen LogP contribution in [0.25, 0.3) is 0 Å². The third-order valence-electron chi connectivity index (χ3n) is 4.44. The summed E-state index contributed by atoms with van der Waals surface area (Å²) in [6.07, 6.45) is 4.03. The maximum atomic E-state index is 10.7. The lowest BCUT2D eigenvalue weighted by Crippen LogP contribution is -2.48. The lowest BCUT2D eigenvalue weighted by atomic mass is 9.87. The maximum Gasteiger partial charge on any atom is 0.0797 e. The van der Waals surface area contributed by atoms with Crippen molar-refractivity contribution in [2.24, 2.45) is 0 Å². The fourth-order valence-electron chi connectivity index (χ4n) is 3.16. The molecule has 0 bridgehead atoms. The van der Waals surface area contributed by atoms with Gasteiger partial charge >= 0.3 is 0 Å². The zero-order valence-corrected chi connectivity index (χ0v) is 11.6. The van der Waals surface area contributed by atoms with E-state index in [4.69, 9.17) is 0 Å². The minimum absolute atomic E-state index is 0.327. The third-order valence-corrected chi connectivity index (χ3v) is 4.44. The first-order valence-electron chi connectivity index (χ1n) is 7.20. The second-order valence-electron chi connectivity index (χ2n) is 5.42. The minimum Gasteiger partial charge on any atom is -0.388 e. The van der Waals surface area contributed by atoms with E-state index in [1.54, 1.807) is 0 Å². The molecule has 2 heteroatoms. The van der Waals surface area contributed by atoms with Gasteiger partial charge in [0, 0.05) is 12.6 Å². The summed E-state index contributed by atoms with van der Waals surface area (Å²) in [6.45, 7) is 6.28. The minimum atomic E-state index is -0.509. The molecular formula is C16H25NO. The fraction of sp³-hybridized carbons (Fsp3) is 0.625. The van der Waals surface area contributed by atoms with Crippen LogP contribution >= 0.6 is 0 Å². The van der Waals surface area contributed by atoms with Gasteiger partial charge in [0.05, 0.1) is 5.60 Å². The first kappa shape index (κ1) is 13.6. The summed E-state index contributed by atoms with van der Waals surface area (Å²) in [5, 5.41) is 10.7. The van der Waals surface area contributed by atoms with Crippen LogP contribution in [-0.2, 0) is 6.54 Å². The SMILES string of the molecule is CCC(O)(CC)C1CCCN1Cc1ccccc1. The molecule has 1 aliphatic heterocycles. The summed E-state index contributed by atoms with van der Waals surface area (Å²) in [4.78, 5) is 2.46. The van der Waals surface area contributed by atoms with Crippen LogP contribution in [0.1, 0.15) is 45.1 Å². The first-order chi connectivity index (χ1) is 8.69. The summed E-state index contributed by atoms with van der Waals surface area (Å²) in [5.41, 5.74) is 0.838. The van der Waals surface area contributed by atoms with Crippen LogP contribution in [0.5, 0.6) is 0 Å². The molecule has 1 heterocycles. The highest BCUT2D eigenvalue weighted by Gasteiger charge is 2.39. The molecule has 2 rings (SSSR count). The predicted molar refractivity (Wildman–Crippen MR) is 75.4 cm³/mol. The van der Waals surface area contributed by atoms with Crippen molar-refractivity contribution >= 4 is 0 Å². The number of aliphatic hydroxyl groups is 1. The van der Waals surface area contributed by atoms with Gasteiger partial charge in [0.25, 0.3) is 0 Å². The van der Waals surface area contributed by atoms with Crippen LogP contribution in [0.2, 0.25) is 0 Å². The third kappa shape index (κ3) is 2.76. The molecule has 2 nitrogen and oxygen atoms in total. The summed E-state index contributed by atoms with van der Waals surface area (Å²) >= 11 is 0. The van der Waals surface area contributed by atoms with Crippen LogP contribution in [0.3, 0.4) is 0 Å².